The number of aromatic nitrogens is 2. The Kier molecular flexibility index (Phi) is 3.84. The largest absolute Gasteiger partial charge is 0.493 e. The van der Waals surface area contributed by atoms with Gasteiger partial charge in [-0.25, -0.2) is 9.97 Å². The van der Waals surface area contributed by atoms with Crippen molar-refractivity contribution in [2.45, 2.75) is 12.8 Å². The highest BCUT2D eigenvalue weighted by Crippen LogP contribution is 2.30. The van der Waals surface area contributed by atoms with Gasteiger partial charge in [0.25, 0.3) is 0 Å². The summed E-state index contributed by atoms with van der Waals surface area (Å²) in [7, 11) is 0. The van der Waals surface area contributed by atoms with Gasteiger partial charge in [-0.1, -0.05) is 0 Å². The van der Waals surface area contributed by atoms with Crippen molar-refractivity contribution in [3.8, 4) is 5.75 Å². The predicted octanol–water partition coefficient (Wildman–Crippen LogP) is 2.65. The Balaban J connectivity index is 1.37. The summed E-state index contributed by atoms with van der Waals surface area (Å²) in [6.07, 6.45) is 6.35. The molecular weight excluding hydrogens is 296 g/mol. The van der Waals surface area contributed by atoms with E-state index < -0.39 is 0 Å². The van der Waals surface area contributed by atoms with Crippen molar-refractivity contribution >= 4 is 22.3 Å². The number of hydrogen-bond acceptors (Lipinski definition) is 6. The molecule has 5 nitrogen and oxygen atoms in total. The highest BCUT2D eigenvalue weighted by atomic mass is 32.1. The quantitative estimate of drug-likeness (QED) is 0.848. The maximum Gasteiger partial charge on any atom is 0.185 e. The summed E-state index contributed by atoms with van der Waals surface area (Å²) in [5, 5.41) is 3.15. The Morgan fingerprint density at radius 3 is 2.64 bits per heavy atom. The standard InChI is InChI=1S/C16H20N4OS/c1-2-13(1)12-21-14-3-4-17-15(11-14)19-6-8-20(9-7-19)16-18-5-10-22-16/h3-5,10-11,13H,1-2,6-9,12H2. The molecule has 2 aromatic heterocycles. The van der Waals surface area contributed by atoms with Crippen LogP contribution in [0.4, 0.5) is 10.9 Å². The molecule has 6 heteroatoms. The number of anilines is 2. The number of rotatable bonds is 5. The van der Waals surface area contributed by atoms with Crippen LogP contribution in [0.15, 0.2) is 29.9 Å². The van der Waals surface area contributed by atoms with Crippen LogP contribution in [0.25, 0.3) is 0 Å². The number of pyridine rings is 1. The van der Waals surface area contributed by atoms with Gasteiger partial charge in [0.1, 0.15) is 11.6 Å². The monoisotopic (exact) mass is 316 g/mol. The molecule has 1 aliphatic heterocycles. The lowest BCUT2D eigenvalue weighted by Crippen LogP contribution is -2.46. The molecular formula is C16H20N4OS. The molecule has 3 heterocycles. The molecule has 0 aromatic carbocycles. The van der Waals surface area contributed by atoms with Gasteiger partial charge in [0.2, 0.25) is 0 Å². The number of piperazine rings is 1. The molecule has 116 valence electrons. The van der Waals surface area contributed by atoms with Gasteiger partial charge in [-0.3, -0.25) is 0 Å². The van der Waals surface area contributed by atoms with Gasteiger partial charge >= 0.3 is 0 Å². The predicted molar refractivity (Wildman–Crippen MR) is 89.0 cm³/mol. The number of thiazole rings is 1. The van der Waals surface area contributed by atoms with E-state index in [2.05, 4.69) is 25.8 Å². The van der Waals surface area contributed by atoms with Gasteiger partial charge in [-0.2, -0.15) is 0 Å². The lowest BCUT2D eigenvalue weighted by Gasteiger charge is -2.35. The molecule has 1 aliphatic carbocycles. The van der Waals surface area contributed by atoms with Crippen LogP contribution in [0.5, 0.6) is 5.75 Å². The SMILES string of the molecule is c1cc(OCC2CC2)cc(N2CCN(c3nccs3)CC2)n1. The molecule has 2 aromatic rings. The minimum Gasteiger partial charge on any atom is -0.493 e. The molecule has 0 atom stereocenters. The summed E-state index contributed by atoms with van der Waals surface area (Å²) in [5.74, 6) is 2.74. The van der Waals surface area contributed by atoms with E-state index in [0.717, 1.165) is 55.4 Å². The van der Waals surface area contributed by atoms with E-state index in [-0.39, 0.29) is 0 Å². The molecule has 0 N–H and O–H groups in total. The first-order valence-electron chi connectivity index (χ1n) is 7.87. The first-order valence-corrected chi connectivity index (χ1v) is 8.75. The van der Waals surface area contributed by atoms with E-state index in [1.165, 1.54) is 12.8 Å². The summed E-state index contributed by atoms with van der Waals surface area (Å²) in [6, 6.07) is 4.03. The van der Waals surface area contributed by atoms with E-state index >= 15 is 0 Å². The second-order valence-electron chi connectivity index (χ2n) is 5.89. The van der Waals surface area contributed by atoms with Gasteiger partial charge in [0.05, 0.1) is 6.61 Å². The van der Waals surface area contributed by atoms with Gasteiger partial charge < -0.3 is 14.5 Å². The zero-order chi connectivity index (χ0) is 14.8. The Labute approximate surface area is 134 Å². The van der Waals surface area contributed by atoms with Gasteiger partial charge in [-0.05, 0) is 24.8 Å². The maximum absolute atomic E-state index is 5.86. The second kappa shape index (κ2) is 6.12. The summed E-state index contributed by atoms with van der Waals surface area (Å²) < 4.78 is 5.86. The Morgan fingerprint density at radius 1 is 1.09 bits per heavy atom. The summed E-state index contributed by atoms with van der Waals surface area (Å²) in [4.78, 5) is 13.6. The van der Waals surface area contributed by atoms with Crippen LogP contribution in [0, 0.1) is 5.92 Å². The van der Waals surface area contributed by atoms with Crippen molar-refractivity contribution in [3.63, 3.8) is 0 Å². The second-order valence-corrected chi connectivity index (χ2v) is 6.77. The first kappa shape index (κ1) is 13.8. The van der Waals surface area contributed by atoms with Crippen LogP contribution in [0.1, 0.15) is 12.8 Å². The van der Waals surface area contributed by atoms with E-state index in [1.807, 2.05) is 23.8 Å². The summed E-state index contributed by atoms with van der Waals surface area (Å²) >= 11 is 1.70. The van der Waals surface area contributed by atoms with E-state index in [9.17, 15) is 0 Å². The molecule has 4 rings (SSSR count). The highest BCUT2D eigenvalue weighted by Gasteiger charge is 2.23. The third-order valence-corrected chi connectivity index (χ3v) is 5.03. The minimum atomic E-state index is 0.776. The third kappa shape index (κ3) is 3.16. The van der Waals surface area contributed by atoms with Gasteiger partial charge in [0.15, 0.2) is 5.13 Å². The molecule has 2 aliphatic rings. The number of hydrogen-bond donors (Lipinski definition) is 0. The molecule has 22 heavy (non-hydrogen) atoms. The van der Waals surface area contributed by atoms with Crippen LogP contribution in [0.2, 0.25) is 0 Å². The van der Waals surface area contributed by atoms with Crippen LogP contribution < -0.4 is 14.5 Å². The molecule has 2 fully saturated rings. The summed E-state index contributed by atoms with van der Waals surface area (Å²) in [5.41, 5.74) is 0. The smallest absolute Gasteiger partial charge is 0.185 e. The molecule has 0 spiro atoms. The van der Waals surface area contributed by atoms with Crippen molar-refractivity contribution < 1.29 is 4.74 Å². The molecule has 0 unspecified atom stereocenters. The normalized spacial score (nSPS) is 18.5. The highest BCUT2D eigenvalue weighted by molar-refractivity contribution is 7.13. The zero-order valence-corrected chi connectivity index (χ0v) is 13.3. The fourth-order valence-electron chi connectivity index (χ4n) is 2.66. The Hall–Kier alpha value is -1.82. The number of nitrogens with zero attached hydrogens (tertiary/aromatic N) is 4. The van der Waals surface area contributed by atoms with Crippen molar-refractivity contribution in [2.75, 3.05) is 42.6 Å². The topological polar surface area (TPSA) is 41.5 Å². The fourth-order valence-corrected chi connectivity index (χ4v) is 3.36. The average molecular weight is 316 g/mol. The number of ether oxygens (including phenoxy) is 1. The molecule has 0 radical (unpaired) electrons. The van der Waals surface area contributed by atoms with E-state index in [0.29, 0.717) is 0 Å². The van der Waals surface area contributed by atoms with Crippen LogP contribution >= 0.6 is 11.3 Å². The Morgan fingerprint density at radius 2 is 1.91 bits per heavy atom. The minimum absolute atomic E-state index is 0.776. The van der Waals surface area contributed by atoms with Crippen molar-refractivity contribution in [2.24, 2.45) is 5.92 Å². The van der Waals surface area contributed by atoms with Crippen LogP contribution in [-0.2, 0) is 0 Å². The average Bonchev–Trinajstić information content (AvgIpc) is 3.25. The lowest BCUT2D eigenvalue weighted by molar-refractivity contribution is 0.299. The molecule has 0 bridgehead atoms. The summed E-state index contributed by atoms with van der Waals surface area (Å²) in [6.45, 7) is 4.77. The Bertz CT molecular complexity index is 606. The van der Waals surface area contributed by atoms with E-state index in [1.54, 1.807) is 11.3 Å². The van der Waals surface area contributed by atoms with Crippen LogP contribution in [-0.4, -0.2) is 42.8 Å². The van der Waals surface area contributed by atoms with Gasteiger partial charge in [-0.15, -0.1) is 11.3 Å². The molecule has 1 saturated carbocycles. The third-order valence-electron chi connectivity index (χ3n) is 4.19. The van der Waals surface area contributed by atoms with Crippen molar-refractivity contribution in [1.82, 2.24) is 9.97 Å². The van der Waals surface area contributed by atoms with Crippen LogP contribution in [0.3, 0.4) is 0 Å². The van der Waals surface area contributed by atoms with Gasteiger partial charge in [0, 0.05) is 50.0 Å². The van der Waals surface area contributed by atoms with Crippen molar-refractivity contribution in [3.05, 3.63) is 29.9 Å². The fraction of sp³-hybridized carbons (Fsp3) is 0.500. The molecule has 1 saturated heterocycles. The molecule has 0 amide bonds. The van der Waals surface area contributed by atoms with E-state index in [4.69, 9.17) is 4.74 Å². The first-order chi connectivity index (χ1) is 10.9. The zero-order valence-electron chi connectivity index (χ0n) is 12.5. The lowest BCUT2D eigenvalue weighted by atomic mass is 10.3. The maximum atomic E-state index is 5.86. The van der Waals surface area contributed by atoms with Crippen molar-refractivity contribution in [1.29, 1.82) is 0 Å².